The summed E-state index contributed by atoms with van der Waals surface area (Å²) in [5.41, 5.74) is 7.88. The fourth-order valence-corrected chi connectivity index (χ4v) is 3.13. The average Bonchev–Trinajstić information content (AvgIpc) is 3.20. The Kier molecular flexibility index (Phi) is 7.22. The number of nitrogens with one attached hydrogen (secondary N) is 2. The molecule has 0 spiro atoms. The van der Waals surface area contributed by atoms with Gasteiger partial charge in [-0.2, -0.15) is 0 Å². The zero-order chi connectivity index (χ0) is 23.1. The van der Waals surface area contributed by atoms with Crippen LogP contribution in [-0.4, -0.2) is 44.3 Å². The van der Waals surface area contributed by atoms with Gasteiger partial charge in [0, 0.05) is 59.8 Å². The lowest BCUT2D eigenvalue weighted by Gasteiger charge is -2.16. The van der Waals surface area contributed by atoms with Gasteiger partial charge in [-0.25, -0.2) is 9.97 Å². The van der Waals surface area contributed by atoms with Crippen molar-refractivity contribution in [3.8, 4) is 0 Å². The molecule has 0 saturated heterocycles. The molecule has 0 aliphatic rings. The number of para-hydroxylation sites is 1. The van der Waals surface area contributed by atoms with Crippen LogP contribution in [0.1, 0.15) is 25.2 Å². The molecule has 1 atom stereocenters. The third kappa shape index (κ3) is 5.72. The average molecular weight is 432 g/mol. The molecule has 1 unspecified atom stereocenters. The number of aliphatic imine (C=N–C) groups is 1. The van der Waals surface area contributed by atoms with E-state index in [4.69, 9.17) is 5.73 Å². The molecule has 9 nitrogen and oxygen atoms in total. The first-order chi connectivity index (χ1) is 15.3. The highest BCUT2D eigenvalue weighted by Gasteiger charge is 2.26. The van der Waals surface area contributed by atoms with Gasteiger partial charge in [-0.15, -0.1) is 0 Å². The summed E-state index contributed by atoms with van der Waals surface area (Å²) in [5, 5.41) is 3.51. The molecule has 9 heteroatoms. The molecule has 0 bridgehead atoms. The first kappa shape index (κ1) is 22.5. The van der Waals surface area contributed by atoms with Crippen molar-refractivity contribution in [2.45, 2.75) is 32.7 Å². The molecular formula is C23H24N6O3. The monoisotopic (exact) mass is 432 g/mol. The van der Waals surface area contributed by atoms with Gasteiger partial charge in [0.25, 0.3) is 5.91 Å². The summed E-state index contributed by atoms with van der Waals surface area (Å²) in [6.45, 7) is 3.37. The highest BCUT2D eigenvalue weighted by Crippen LogP contribution is 2.19. The first-order valence-electron chi connectivity index (χ1n) is 10.0. The number of benzene rings is 1. The molecule has 164 valence electrons. The number of ketones is 1. The van der Waals surface area contributed by atoms with Gasteiger partial charge in [0.05, 0.1) is 0 Å². The molecule has 2 aromatic heterocycles. The molecule has 3 rings (SSSR count). The highest BCUT2D eigenvalue weighted by atomic mass is 16.2. The summed E-state index contributed by atoms with van der Waals surface area (Å²) in [6.07, 6.45) is 7.01. The third-order valence-electron chi connectivity index (χ3n) is 4.83. The topological polar surface area (TPSA) is 143 Å². The van der Waals surface area contributed by atoms with E-state index in [1.165, 1.54) is 6.20 Å². The van der Waals surface area contributed by atoms with Crippen LogP contribution in [0.4, 0.5) is 0 Å². The Balaban J connectivity index is 1.72. The molecule has 2 heterocycles. The van der Waals surface area contributed by atoms with E-state index in [1.54, 1.807) is 38.5 Å². The number of aromatic nitrogens is 3. The molecular weight excluding hydrogens is 408 g/mol. The van der Waals surface area contributed by atoms with Gasteiger partial charge in [-0.3, -0.25) is 19.4 Å². The Bertz CT molecular complexity index is 1200. The Morgan fingerprint density at radius 3 is 2.59 bits per heavy atom. The molecule has 0 radical (unpaired) electrons. The normalized spacial score (nSPS) is 13.1. The Morgan fingerprint density at radius 1 is 1.16 bits per heavy atom. The van der Waals surface area contributed by atoms with E-state index in [-0.39, 0.29) is 12.0 Å². The fraction of sp³-hybridized carbons (Fsp3) is 0.217. The van der Waals surface area contributed by atoms with Gasteiger partial charge in [-0.05, 0) is 31.5 Å². The van der Waals surface area contributed by atoms with Crippen LogP contribution in [0.5, 0.6) is 0 Å². The highest BCUT2D eigenvalue weighted by molar-refractivity contribution is 6.38. The maximum atomic E-state index is 12.7. The van der Waals surface area contributed by atoms with E-state index in [0.717, 1.165) is 16.5 Å². The minimum absolute atomic E-state index is 0.123. The fourth-order valence-electron chi connectivity index (χ4n) is 3.13. The summed E-state index contributed by atoms with van der Waals surface area (Å²) < 4.78 is 0. The Labute approximate surface area is 184 Å². The second-order valence-corrected chi connectivity index (χ2v) is 7.34. The molecule has 3 aromatic rings. The second kappa shape index (κ2) is 10.3. The number of fused-ring (bicyclic) bond motifs is 1. The van der Waals surface area contributed by atoms with Gasteiger partial charge < -0.3 is 16.0 Å². The van der Waals surface area contributed by atoms with E-state index in [9.17, 15) is 14.4 Å². The van der Waals surface area contributed by atoms with Crippen LogP contribution in [0, 0.1) is 0 Å². The van der Waals surface area contributed by atoms with Crippen LogP contribution in [0.25, 0.3) is 10.9 Å². The number of nitrogens with two attached hydrogens (primary N) is 1. The van der Waals surface area contributed by atoms with Gasteiger partial charge in [0.2, 0.25) is 11.7 Å². The van der Waals surface area contributed by atoms with Gasteiger partial charge in [0.15, 0.2) is 0 Å². The molecule has 0 aliphatic carbocycles. The smallest absolute Gasteiger partial charge is 0.287 e. The zero-order valence-corrected chi connectivity index (χ0v) is 17.8. The number of nitrogens with zero attached hydrogens (tertiary/aromatic N) is 3. The standard InChI is InChI=1S/C23H24N6O3/c1-14(12-27-15(2)10-20-25-8-5-9-26-20)23(32)29-19(21(30)22(24)31)11-16-13-28-18-7-4-3-6-17(16)18/h3-9,12-13,19,28H,10-11H2,1-2H3,(H2,24,31)(H,29,32)/b14-12+,27-15?. The lowest BCUT2D eigenvalue weighted by Crippen LogP contribution is -2.47. The Hall–Kier alpha value is -4.14. The molecule has 0 saturated carbocycles. The summed E-state index contributed by atoms with van der Waals surface area (Å²) >= 11 is 0. The molecule has 4 N–H and O–H groups in total. The number of Topliss-reactive ketones (excluding diaryl/α,β-unsaturated/α-hetero) is 1. The summed E-state index contributed by atoms with van der Waals surface area (Å²) in [5.74, 6) is -1.86. The van der Waals surface area contributed by atoms with E-state index >= 15 is 0 Å². The largest absolute Gasteiger partial charge is 0.363 e. The molecule has 32 heavy (non-hydrogen) atoms. The van der Waals surface area contributed by atoms with Gasteiger partial charge in [0.1, 0.15) is 11.9 Å². The SMILES string of the molecule is CC(Cc1ncccn1)=N/C=C(\C)C(=O)NC(Cc1c[nH]c2ccccc12)C(=O)C(N)=O. The number of hydrogen-bond acceptors (Lipinski definition) is 6. The molecule has 0 fully saturated rings. The van der Waals surface area contributed by atoms with Crippen molar-refractivity contribution in [3.63, 3.8) is 0 Å². The van der Waals surface area contributed by atoms with Crippen LogP contribution >= 0.6 is 0 Å². The molecule has 1 aromatic carbocycles. The zero-order valence-electron chi connectivity index (χ0n) is 17.8. The number of H-pyrrole nitrogens is 1. The second-order valence-electron chi connectivity index (χ2n) is 7.34. The minimum Gasteiger partial charge on any atom is -0.363 e. The predicted octanol–water partition coefficient (Wildman–Crippen LogP) is 1.65. The summed E-state index contributed by atoms with van der Waals surface area (Å²) in [7, 11) is 0. The number of carbonyl (C=O) groups is 3. The number of amides is 2. The van der Waals surface area contributed by atoms with Crippen LogP contribution in [-0.2, 0) is 27.2 Å². The van der Waals surface area contributed by atoms with Gasteiger partial charge >= 0.3 is 0 Å². The van der Waals surface area contributed by atoms with Crippen LogP contribution in [0.15, 0.2) is 65.7 Å². The maximum Gasteiger partial charge on any atom is 0.287 e. The van der Waals surface area contributed by atoms with Crippen molar-refractivity contribution < 1.29 is 14.4 Å². The lowest BCUT2D eigenvalue weighted by atomic mass is 10.0. The predicted molar refractivity (Wildman–Crippen MR) is 121 cm³/mol. The Morgan fingerprint density at radius 2 is 1.88 bits per heavy atom. The summed E-state index contributed by atoms with van der Waals surface area (Å²) in [6, 6.07) is 8.19. The van der Waals surface area contributed by atoms with Crippen LogP contribution < -0.4 is 11.1 Å². The van der Waals surface area contributed by atoms with E-state index < -0.39 is 23.6 Å². The molecule has 2 amide bonds. The van der Waals surface area contributed by atoms with Crippen LogP contribution in [0.3, 0.4) is 0 Å². The van der Waals surface area contributed by atoms with Crippen molar-refractivity contribution >= 4 is 34.2 Å². The first-order valence-corrected chi connectivity index (χ1v) is 10.0. The maximum absolute atomic E-state index is 12.7. The van der Waals surface area contributed by atoms with E-state index in [0.29, 0.717) is 18.0 Å². The van der Waals surface area contributed by atoms with Crippen molar-refractivity contribution in [1.29, 1.82) is 0 Å². The lowest BCUT2D eigenvalue weighted by molar-refractivity contribution is -0.138. The number of aromatic amines is 1. The van der Waals surface area contributed by atoms with Crippen molar-refractivity contribution in [3.05, 3.63) is 72.1 Å². The number of rotatable bonds is 9. The number of carbonyl (C=O) groups excluding carboxylic acids is 3. The third-order valence-corrected chi connectivity index (χ3v) is 4.83. The number of primary amides is 1. The van der Waals surface area contributed by atoms with Crippen molar-refractivity contribution in [2.24, 2.45) is 10.7 Å². The summed E-state index contributed by atoms with van der Waals surface area (Å²) in [4.78, 5) is 52.2. The molecule has 0 aliphatic heterocycles. The van der Waals surface area contributed by atoms with E-state index in [1.807, 2.05) is 24.3 Å². The van der Waals surface area contributed by atoms with Crippen molar-refractivity contribution in [1.82, 2.24) is 20.3 Å². The van der Waals surface area contributed by atoms with Crippen molar-refractivity contribution in [2.75, 3.05) is 0 Å². The van der Waals surface area contributed by atoms with E-state index in [2.05, 4.69) is 25.3 Å². The quantitative estimate of drug-likeness (QED) is 0.268. The minimum atomic E-state index is -1.10. The van der Waals surface area contributed by atoms with Crippen LogP contribution in [0.2, 0.25) is 0 Å². The number of hydrogen-bond donors (Lipinski definition) is 3. The van der Waals surface area contributed by atoms with Gasteiger partial charge in [-0.1, -0.05) is 18.2 Å².